The number of carbonyl (C=O) groups is 1. The molecule has 2 aromatic heterocycles. The van der Waals surface area contributed by atoms with Crippen LogP contribution in [-0.2, 0) is 19.6 Å². The van der Waals surface area contributed by atoms with Crippen molar-refractivity contribution in [1.82, 2.24) is 19.5 Å². The van der Waals surface area contributed by atoms with Crippen LogP contribution in [0.5, 0.6) is 11.5 Å². The zero-order chi connectivity index (χ0) is 45.8. The summed E-state index contributed by atoms with van der Waals surface area (Å²) in [5, 5.41) is 29.9. The molecule has 5 aromatic carbocycles. The lowest BCUT2D eigenvalue weighted by atomic mass is 9.64. The van der Waals surface area contributed by atoms with E-state index in [2.05, 4.69) is 25.2 Å². The number of ether oxygens (including phenoxy) is 5. The van der Waals surface area contributed by atoms with Crippen LogP contribution < -0.4 is 19.7 Å². The molecule has 3 N–H and O–H groups in total. The van der Waals surface area contributed by atoms with Gasteiger partial charge in [0, 0.05) is 48.8 Å². The molecule has 2 aliphatic heterocycles. The molecule has 5 atom stereocenters. The second-order valence-corrected chi connectivity index (χ2v) is 16.8. The van der Waals surface area contributed by atoms with E-state index in [0.717, 1.165) is 11.3 Å². The minimum atomic E-state index is -1.47. The van der Waals surface area contributed by atoms with Gasteiger partial charge in [-0.3, -0.25) is 9.36 Å². The molecule has 0 bridgehead atoms. The fraction of sp³-hybridized carbons (Fsp3) is 0.294. The van der Waals surface area contributed by atoms with Crippen molar-refractivity contribution < 1.29 is 38.7 Å². The molecule has 2 fully saturated rings. The van der Waals surface area contributed by atoms with Crippen molar-refractivity contribution >= 4 is 40.2 Å². The average molecular weight is 911 g/mol. The van der Waals surface area contributed by atoms with E-state index in [0.29, 0.717) is 71.4 Å². The first kappa shape index (κ1) is 44.8. The first-order chi connectivity index (χ1) is 32.2. The van der Waals surface area contributed by atoms with Crippen molar-refractivity contribution in [1.29, 1.82) is 0 Å². The number of benzene rings is 5. The van der Waals surface area contributed by atoms with Gasteiger partial charge in [0.05, 0.1) is 26.0 Å². The summed E-state index contributed by atoms with van der Waals surface area (Å²) in [4.78, 5) is 29.3. The number of aliphatic hydroxyl groups is 2. The van der Waals surface area contributed by atoms with Crippen LogP contribution in [0.2, 0.25) is 5.02 Å². The van der Waals surface area contributed by atoms with Gasteiger partial charge in [0.2, 0.25) is 0 Å². The van der Waals surface area contributed by atoms with E-state index in [-0.39, 0.29) is 17.2 Å². The third-order valence-electron chi connectivity index (χ3n) is 12.7. The minimum Gasteiger partial charge on any atom is -0.497 e. The van der Waals surface area contributed by atoms with Crippen molar-refractivity contribution in [2.24, 2.45) is 0 Å². The molecular formula is C51H51ClN6O8. The summed E-state index contributed by atoms with van der Waals surface area (Å²) in [6.07, 6.45) is -2.74. The van der Waals surface area contributed by atoms with E-state index in [9.17, 15) is 15.0 Å². The maximum absolute atomic E-state index is 13.4. The predicted octanol–water partition coefficient (Wildman–Crippen LogP) is 7.82. The molecule has 0 aliphatic carbocycles. The second kappa shape index (κ2) is 19.2. The summed E-state index contributed by atoms with van der Waals surface area (Å²) in [6.45, 7) is 3.41. The smallest absolute Gasteiger partial charge is 0.256 e. The summed E-state index contributed by atoms with van der Waals surface area (Å²) >= 11 is 6.23. The number of hydrogen-bond acceptors (Lipinski definition) is 12. The number of anilines is 2. The molecule has 0 saturated carbocycles. The van der Waals surface area contributed by atoms with E-state index >= 15 is 0 Å². The van der Waals surface area contributed by atoms with Gasteiger partial charge in [-0.25, -0.2) is 15.0 Å². The number of rotatable bonds is 15. The molecule has 14 nitrogen and oxygen atoms in total. The number of fused-ring (bicyclic) bond motifs is 1. The molecular weight excluding hydrogens is 860 g/mol. The highest BCUT2D eigenvalue weighted by atomic mass is 35.5. The Morgan fingerprint density at radius 1 is 0.833 bits per heavy atom. The zero-order valence-electron chi connectivity index (χ0n) is 36.7. The van der Waals surface area contributed by atoms with Gasteiger partial charge in [-0.05, 0) is 84.3 Å². The molecule has 0 radical (unpaired) electrons. The fourth-order valence-corrected chi connectivity index (χ4v) is 9.54. The van der Waals surface area contributed by atoms with Crippen LogP contribution in [0.3, 0.4) is 0 Å². The SMILES string of the molecule is CCOC1(O[C@@H]2[C@H](O)[C@@H](C(O)C(c3ccccc3)(c3ccc(OC)cc3)c3ccc(OC)cc3)O[C@H]2n2cnc3c(NC(=O)c4ccccc4)ncnc32)CCN(c2ccc(Cl)cc2)CC1. The summed E-state index contributed by atoms with van der Waals surface area (Å²) < 4.78 is 33.5. The Hall–Kier alpha value is -6.39. The van der Waals surface area contributed by atoms with Gasteiger partial charge < -0.3 is 44.1 Å². The molecule has 15 heteroatoms. The third kappa shape index (κ3) is 8.47. The van der Waals surface area contributed by atoms with E-state index in [1.165, 1.54) is 12.7 Å². The number of aliphatic hydroxyl groups excluding tert-OH is 2. The molecule has 340 valence electrons. The predicted molar refractivity (Wildman–Crippen MR) is 250 cm³/mol. The number of imidazole rings is 1. The van der Waals surface area contributed by atoms with E-state index in [1.54, 1.807) is 43.1 Å². The van der Waals surface area contributed by atoms with E-state index in [4.69, 9.17) is 35.3 Å². The van der Waals surface area contributed by atoms with Crippen molar-refractivity contribution in [3.8, 4) is 11.5 Å². The maximum Gasteiger partial charge on any atom is 0.256 e. The van der Waals surface area contributed by atoms with Crippen LogP contribution >= 0.6 is 11.6 Å². The molecule has 0 spiro atoms. The lowest BCUT2D eigenvalue weighted by Gasteiger charge is -2.44. The molecule has 4 heterocycles. The lowest BCUT2D eigenvalue weighted by Crippen LogP contribution is -2.55. The van der Waals surface area contributed by atoms with Crippen LogP contribution in [0.15, 0.2) is 146 Å². The summed E-state index contributed by atoms with van der Waals surface area (Å²) in [6, 6.07) is 41.2. The molecule has 9 rings (SSSR count). The number of nitrogens with zero attached hydrogens (tertiary/aromatic N) is 5. The first-order valence-electron chi connectivity index (χ1n) is 21.9. The molecule has 1 unspecified atom stereocenters. The van der Waals surface area contributed by atoms with Crippen molar-refractivity contribution in [3.63, 3.8) is 0 Å². The Balaban J connectivity index is 1.15. The number of halogens is 1. The Labute approximate surface area is 387 Å². The van der Waals surface area contributed by atoms with Crippen LogP contribution in [0.1, 0.15) is 53.0 Å². The van der Waals surface area contributed by atoms with Gasteiger partial charge in [0.15, 0.2) is 29.0 Å². The molecule has 1 amide bonds. The van der Waals surface area contributed by atoms with Crippen molar-refractivity contribution in [3.05, 3.63) is 173 Å². The number of aromatic nitrogens is 4. The van der Waals surface area contributed by atoms with Gasteiger partial charge in [-0.1, -0.05) is 84.4 Å². The van der Waals surface area contributed by atoms with Crippen LogP contribution in [0.4, 0.5) is 11.5 Å². The maximum atomic E-state index is 13.4. The quantitative estimate of drug-likeness (QED) is 0.0677. The van der Waals surface area contributed by atoms with Gasteiger partial charge in [-0.2, -0.15) is 0 Å². The standard InChI is InChI=1S/C51H51ClN6O8/c1-4-64-50(27-29-57(30-28-50)38-21-19-37(52)20-22-38)66-44-42(59)43(65-49(44)58-32-55-41-46(53-31-54-47(41)58)56-48(61)33-11-7-5-8-12-33)45(60)51(34-13-9-6-10-14-34,35-15-23-39(62-2)24-16-35)36-17-25-40(63-3)26-18-36/h5-26,31-32,42-45,49,59-60H,4,27-30H2,1-3H3,(H,53,54,56,61)/t42-,43+,44-,45?,49-/m1/s1. The summed E-state index contributed by atoms with van der Waals surface area (Å²) in [5.41, 5.74) is 2.86. The Morgan fingerprint density at radius 2 is 1.42 bits per heavy atom. The molecule has 7 aromatic rings. The molecule has 66 heavy (non-hydrogen) atoms. The van der Waals surface area contributed by atoms with Crippen molar-refractivity contribution in [2.45, 2.75) is 61.6 Å². The minimum absolute atomic E-state index is 0.183. The topological polar surface area (TPSA) is 163 Å². The van der Waals surface area contributed by atoms with Crippen LogP contribution in [-0.4, -0.2) is 99.8 Å². The number of piperidine rings is 1. The van der Waals surface area contributed by atoms with Gasteiger partial charge in [0.25, 0.3) is 5.91 Å². The average Bonchev–Trinajstić information content (AvgIpc) is 3.94. The zero-order valence-corrected chi connectivity index (χ0v) is 37.5. The number of hydrogen-bond donors (Lipinski definition) is 3. The van der Waals surface area contributed by atoms with Gasteiger partial charge in [-0.15, -0.1) is 0 Å². The highest BCUT2D eigenvalue weighted by molar-refractivity contribution is 6.30. The molecule has 2 saturated heterocycles. The summed E-state index contributed by atoms with van der Waals surface area (Å²) in [5.74, 6) is -0.0878. The number of nitrogens with one attached hydrogen (secondary N) is 1. The van der Waals surface area contributed by atoms with Crippen LogP contribution in [0, 0.1) is 0 Å². The molecule has 2 aliphatic rings. The second-order valence-electron chi connectivity index (χ2n) is 16.3. The number of carbonyl (C=O) groups excluding carboxylic acids is 1. The first-order valence-corrected chi connectivity index (χ1v) is 22.3. The Kier molecular flexibility index (Phi) is 13.0. The van der Waals surface area contributed by atoms with Gasteiger partial charge in [0.1, 0.15) is 42.2 Å². The number of amides is 1. The Morgan fingerprint density at radius 3 is 2.02 bits per heavy atom. The Bertz CT molecular complexity index is 2670. The normalized spacial score (nSPS) is 19.9. The fourth-order valence-electron chi connectivity index (χ4n) is 9.42. The third-order valence-corrected chi connectivity index (χ3v) is 13.0. The number of methoxy groups -OCH3 is 2. The summed E-state index contributed by atoms with van der Waals surface area (Å²) in [7, 11) is 3.20. The van der Waals surface area contributed by atoms with E-state index < -0.39 is 41.8 Å². The highest BCUT2D eigenvalue weighted by Crippen LogP contribution is 2.49. The highest BCUT2D eigenvalue weighted by Gasteiger charge is 2.58. The van der Waals surface area contributed by atoms with Crippen LogP contribution in [0.25, 0.3) is 11.2 Å². The van der Waals surface area contributed by atoms with Crippen molar-refractivity contribution in [2.75, 3.05) is 44.1 Å². The monoisotopic (exact) mass is 910 g/mol. The largest absolute Gasteiger partial charge is 0.497 e. The lowest BCUT2D eigenvalue weighted by molar-refractivity contribution is -0.285. The van der Waals surface area contributed by atoms with E-state index in [1.807, 2.05) is 116 Å². The van der Waals surface area contributed by atoms with Gasteiger partial charge >= 0.3 is 0 Å².